The normalized spacial score (nSPS) is 11.1. The van der Waals surface area contributed by atoms with Crippen LogP contribution in [0, 0.1) is 5.82 Å². The molecule has 1 amide bonds. The van der Waals surface area contributed by atoms with E-state index in [0.717, 1.165) is 16.5 Å². The van der Waals surface area contributed by atoms with Crippen molar-refractivity contribution in [3.8, 4) is 11.4 Å². The van der Waals surface area contributed by atoms with Crippen molar-refractivity contribution in [3.63, 3.8) is 0 Å². The summed E-state index contributed by atoms with van der Waals surface area (Å²) in [6, 6.07) is 23.3. The Hall–Kier alpha value is -3.78. The van der Waals surface area contributed by atoms with Gasteiger partial charge >= 0.3 is 0 Å². The summed E-state index contributed by atoms with van der Waals surface area (Å²) in [7, 11) is 0. The highest BCUT2D eigenvalue weighted by atomic mass is 32.2. The first kappa shape index (κ1) is 19.2. The largest absolute Gasteiger partial charge is 0.325 e. The second-order valence-corrected chi connectivity index (χ2v) is 7.75. The van der Waals surface area contributed by atoms with Crippen molar-refractivity contribution < 1.29 is 9.18 Å². The number of thioether (sulfide) groups is 1. The third-order valence-corrected chi connectivity index (χ3v) is 5.62. The molecule has 5 aromatic rings. The first-order chi connectivity index (χ1) is 15.2. The molecule has 2 heterocycles. The average molecular weight is 429 g/mol. The summed E-state index contributed by atoms with van der Waals surface area (Å²) >= 11 is 1.25. The molecule has 0 atom stereocenters. The van der Waals surface area contributed by atoms with Crippen molar-refractivity contribution in [1.82, 2.24) is 19.6 Å². The molecule has 8 heteroatoms. The van der Waals surface area contributed by atoms with Gasteiger partial charge in [-0.3, -0.25) is 9.20 Å². The number of halogens is 1. The maximum atomic E-state index is 13.3. The third kappa shape index (κ3) is 3.85. The molecular weight excluding hydrogens is 413 g/mol. The highest BCUT2D eigenvalue weighted by Crippen LogP contribution is 2.29. The maximum absolute atomic E-state index is 13.3. The van der Waals surface area contributed by atoms with Crippen molar-refractivity contribution in [1.29, 1.82) is 0 Å². The number of amides is 1. The monoisotopic (exact) mass is 429 g/mol. The SMILES string of the molecule is O=C(CSc1nnc2c3ccccc3nc(-c3ccccc3)n12)Nc1cccc(F)c1. The van der Waals surface area contributed by atoms with E-state index in [1.807, 2.05) is 59.0 Å². The van der Waals surface area contributed by atoms with Crippen LogP contribution in [0.15, 0.2) is 84.0 Å². The molecule has 0 saturated carbocycles. The minimum absolute atomic E-state index is 0.0956. The average Bonchev–Trinajstić information content (AvgIpc) is 3.22. The summed E-state index contributed by atoms with van der Waals surface area (Å²) < 4.78 is 15.2. The number of nitrogens with one attached hydrogen (secondary N) is 1. The van der Waals surface area contributed by atoms with Crippen molar-refractivity contribution in [2.45, 2.75) is 5.16 Å². The van der Waals surface area contributed by atoms with Crippen LogP contribution in [0.2, 0.25) is 0 Å². The summed E-state index contributed by atoms with van der Waals surface area (Å²) in [5, 5.41) is 12.8. The molecule has 0 aliphatic rings. The molecule has 3 aromatic carbocycles. The number of carbonyl (C=O) groups excluding carboxylic acids is 1. The summed E-state index contributed by atoms with van der Waals surface area (Å²) in [6.45, 7) is 0. The molecule has 0 spiro atoms. The molecule has 2 aromatic heterocycles. The number of carbonyl (C=O) groups is 1. The number of fused-ring (bicyclic) bond motifs is 3. The molecule has 6 nitrogen and oxygen atoms in total. The molecule has 1 N–H and O–H groups in total. The van der Waals surface area contributed by atoms with Crippen LogP contribution >= 0.6 is 11.8 Å². The molecule has 0 unspecified atom stereocenters. The lowest BCUT2D eigenvalue weighted by atomic mass is 10.2. The van der Waals surface area contributed by atoms with Gasteiger partial charge in [0.1, 0.15) is 11.6 Å². The van der Waals surface area contributed by atoms with E-state index < -0.39 is 5.82 Å². The van der Waals surface area contributed by atoms with E-state index in [1.54, 1.807) is 12.1 Å². The van der Waals surface area contributed by atoms with Gasteiger partial charge in [-0.1, -0.05) is 60.3 Å². The summed E-state index contributed by atoms with van der Waals surface area (Å²) in [6.07, 6.45) is 0. The maximum Gasteiger partial charge on any atom is 0.234 e. The van der Waals surface area contributed by atoms with Crippen LogP contribution < -0.4 is 5.32 Å². The van der Waals surface area contributed by atoms with Gasteiger partial charge in [-0.15, -0.1) is 10.2 Å². The summed E-state index contributed by atoms with van der Waals surface area (Å²) in [5.74, 6) is 0.132. The predicted molar refractivity (Wildman–Crippen MR) is 119 cm³/mol. The molecule has 0 bridgehead atoms. The number of benzene rings is 3. The molecule has 0 aliphatic carbocycles. The number of nitrogens with zero attached hydrogens (tertiary/aromatic N) is 4. The van der Waals surface area contributed by atoms with Gasteiger partial charge in [-0.25, -0.2) is 9.37 Å². The molecular formula is C23H16FN5OS. The van der Waals surface area contributed by atoms with Crippen LogP contribution in [0.3, 0.4) is 0 Å². The second kappa shape index (κ2) is 8.16. The fourth-order valence-corrected chi connectivity index (χ4v) is 4.06. The Labute approximate surface area is 181 Å². The van der Waals surface area contributed by atoms with Crippen LogP contribution in [-0.2, 0) is 4.79 Å². The predicted octanol–water partition coefficient (Wildman–Crippen LogP) is 4.81. The molecule has 5 rings (SSSR count). The van der Waals surface area contributed by atoms with Gasteiger partial charge in [0.05, 0.1) is 11.3 Å². The van der Waals surface area contributed by atoms with Gasteiger partial charge in [-0.05, 0) is 30.3 Å². The van der Waals surface area contributed by atoms with Crippen molar-refractivity contribution >= 4 is 39.9 Å². The van der Waals surface area contributed by atoms with Crippen LogP contribution in [0.1, 0.15) is 0 Å². The van der Waals surface area contributed by atoms with Crippen LogP contribution in [0.25, 0.3) is 27.9 Å². The van der Waals surface area contributed by atoms with Crippen molar-refractivity contribution in [2.75, 3.05) is 11.1 Å². The zero-order valence-corrected chi connectivity index (χ0v) is 17.0. The first-order valence-electron chi connectivity index (χ1n) is 9.56. The fraction of sp³-hybridized carbons (Fsp3) is 0.0435. The van der Waals surface area contributed by atoms with Gasteiger partial charge in [0, 0.05) is 16.6 Å². The molecule has 31 heavy (non-hydrogen) atoms. The molecule has 0 radical (unpaired) electrons. The van der Waals surface area contributed by atoms with Gasteiger partial charge in [0.15, 0.2) is 10.8 Å². The minimum Gasteiger partial charge on any atom is -0.325 e. The number of rotatable bonds is 5. The first-order valence-corrected chi connectivity index (χ1v) is 10.5. The number of anilines is 1. The van der Waals surface area contributed by atoms with Crippen LogP contribution in [-0.4, -0.2) is 31.2 Å². The standard InChI is InChI=1S/C23H16FN5OS/c24-16-9-6-10-17(13-16)25-20(30)14-31-23-28-27-22-18-11-4-5-12-19(18)26-21(29(22)23)15-7-2-1-3-8-15/h1-13H,14H2,(H,25,30). The minimum atomic E-state index is -0.403. The lowest BCUT2D eigenvalue weighted by Crippen LogP contribution is -2.14. The Balaban J connectivity index is 1.50. The number of hydrogen-bond donors (Lipinski definition) is 1. The number of aromatic nitrogens is 4. The Kier molecular flexibility index (Phi) is 5.05. The Morgan fingerprint density at radius 1 is 0.968 bits per heavy atom. The summed E-state index contributed by atoms with van der Waals surface area (Å²) in [5.41, 5.74) is 2.83. The molecule has 0 saturated heterocycles. The Morgan fingerprint density at radius 2 is 1.77 bits per heavy atom. The van der Waals surface area contributed by atoms with Gasteiger partial charge < -0.3 is 5.32 Å². The van der Waals surface area contributed by atoms with E-state index >= 15 is 0 Å². The smallest absolute Gasteiger partial charge is 0.234 e. The lowest BCUT2D eigenvalue weighted by molar-refractivity contribution is -0.113. The topological polar surface area (TPSA) is 72.2 Å². The zero-order chi connectivity index (χ0) is 21.2. The van der Waals surface area contributed by atoms with E-state index in [0.29, 0.717) is 22.3 Å². The summed E-state index contributed by atoms with van der Waals surface area (Å²) in [4.78, 5) is 17.2. The number of hydrogen-bond acceptors (Lipinski definition) is 5. The Bertz CT molecular complexity index is 1400. The van der Waals surface area contributed by atoms with Crippen molar-refractivity contribution in [2.24, 2.45) is 0 Å². The van der Waals surface area contributed by atoms with Gasteiger partial charge in [-0.2, -0.15) is 0 Å². The molecule has 0 fully saturated rings. The van der Waals surface area contributed by atoms with E-state index in [4.69, 9.17) is 4.98 Å². The lowest BCUT2D eigenvalue weighted by Gasteiger charge is -2.09. The van der Waals surface area contributed by atoms with E-state index in [2.05, 4.69) is 15.5 Å². The molecule has 152 valence electrons. The second-order valence-electron chi connectivity index (χ2n) is 6.81. The van der Waals surface area contributed by atoms with E-state index in [1.165, 1.54) is 23.9 Å². The Morgan fingerprint density at radius 3 is 2.61 bits per heavy atom. The highest BCUT2D eigenvalue weighted by molar-refractivity contribution is 7.99. The molecule has 0 aliphatic heterocycles. The van der Waals surface area contributed by atoms with E-state index in [9.17, 15) is 9.18 Å². The van der Waals surface area contributed by atoms with Gasteiger partial charge in [0.2, 0.25) is 5.91 Å². The fourth-order valence-electron chi connectivity index (χ4n) is 3.33. The van der Waals surface area contributed by atoms with Gasteiger partial charge in [0.25, 0.3) is 0 Å². The number of para-hydroxylation sites is 1. The van der Waals surface area contributed by atoms with Crippen LogP contribution in [0.5, 0.6) is 0 Å². The van der Waals surface area contributed by atoms with Crippen molar-refractivity contribution in [3.05, 3.63) is 84.7 Å². The quantitative estimate of drug-likeness (QED) is 0.406. The third-order valence-electron chi connectivity index (χ3n) is 4.69. The highest BCUT2D eigenvalue weighted by Gasteiger charge is 2.17. The van der Waals surface area contributed by atoms with Crippen LogP contribution in [0.4, 0.5) is 10.1 Å². The zero-order valence-electron chi connectivity index (χ0n) is 16.2. The van der Waals surface area contributed by atoms with E-state index in [-0.39, 0.29) is 11.7 Å².